The zero-order chi connectivity index (χ0) is 17.5. The Kier molecular flexibility index (Phi) is 9.00. The van der Waals surface area contributed by atoms with Crippen LogP contribution in [0.2, 0.25) is 5.02 Å². The van der Waals surface area contributed by atoms with Gasteiger partial charge in [-0.05, 0) is 42.9 Å². The second-order valence-corrected chi connectivity index (χ2v) is 8.75. The van der Waals surface area contributed by atoms with Gasteiger partial charge in [0.15, 0.2) is 0 Å². The van der Waals surface area contributed by atoms with E-state index in [0.717, 1.165) is 27.2 Å². The summed E-state index contributed by atoms with van der Waals surface area (Å²) in [5.41, 5.74) is 1.14. The Morgan fingerprint density at radius 3 is 2.30 bits per heavy atom. The molecule has 0 aromatic heterocycles. The Morgan fingerprint density at radius 2 is 1.70 bits per heavy atom. The van der Waals surface area contributed by atoms with E-state index in [0.29, 0.717) is 0 Å². The predicted octanol–water partition coefficient (Wildman–Crippen LogP) is 7.96. The Bertz CT molecular complexity index is 479. The van der Waals surface area contributed by atoms with Crippen molar-refractivity contribution in [1.82, 2.24) is 0 Å². The molecular weight excluding hydrogens is 372 g/mol. The van der Waals surface area contributed by atoms with Crippen molar-refractivity contribution < 1.29 is 4.74 Å². The molecule has 1 aromatic carbocycles. The van der Waals surface area contributed by atoms with Crippen molar-refractivity contribution in [3.05, 3.63) is 27.2 Å². The molecule has 0 spiro atoms. The fourth-order valence-corrected chi connectivity index (χ4v) is 3.31. The highest BCUT2D eigenvalue weighted by molar-refractivity contribution is 9.10. The Labute approximate surface area is 156 Å². The van der Waals surface area contributed by atoms with Crippen molar-refractivity contribution >= 4 is 27.5 Å². The maximum absolute atomic E-state index is 6.46. The maximum atomic E-state index is 6.46. The van der Waals surface area contributed by atoms with Crippen molar-refractivity contribution in [2.75, 3.05) is 0 Å². The molecule has 0 aliphatic heterocycles. The lowest BCUT2D eigenvalue weighted by molar-refractivity contribution is 0.0763. The predicted molar refractivity (Wildman–Crippen MR) is 106 cm³/mol. The number of hydrogen-bond acceptors (Lipinski definition) is 1. The molecule has 132 valence electrons. The highest BCUT2D eigenvalue weighted by atomic mass is 79.9. The largest absolute Gasteiger partial charge is 0.488 e. The fourth-order valence-electron chi connectivity index (χ4n) is 2.66. The first-order chi connectivity index (χ1) is 10.8. The highest BCUT2D eigenvalue weighted by Crippen LogP contribution is 2.36. The molecule has 1 unspecified atom stereocenters. The van der Waals surface area contributed by atoms with E-state index < -0.39 is 0 Å². The number of unbranched alkanes of at least 4 members (excludes halogenated alkanes) is 5. The van der Waals surface area contributed by atoms with Gasteiger partial charge in [0.1, 0.15) is 11.9 Å². The highest BCUT2D eigenvalue weighted by Gasteiger charge is 2.27. The second-order valence-electron chi connectivity index (χ2n) is 7.51. The van der Waals surface area contributed by atoms with Crippen molar-refractivity contribution in [3.63, 3.8) is 0 Å². The molecule has 0 N–H and O–H groups in total. The van der Waals surface area contributed by atoms with Gasteiger partial charge in [0.2, 0.25) is 0 Å². The van der Waals surface area contributed by atoms with Crippen LogP contribution in [0, 0.1) is 12.3 Å². The molecule has 23 heavy (non-hydrogen) atoms. The third kappa shape index (κ3) is 7.05. The van der Waals surface area contributed by atoms with Gasteiger partial charge in [0, 0.05) is 4.47 Å². The standard InChI is InChI=1S/C20H32BrClO/c1-6-7-8-9-10-11-12-18(20(3,4)5)23-17-14-13-16(21)15(2)19(17)22/h13-14,18H,6-12H2,1-5H3. The van der Waals surface area contributed by atoms with Crippen LogP contribution in [0.4, 0.5) is 0 Å². The molecule has 1 nitrogen and oxygen atoms in total. The summed E-state index contributed by atoms with van der Waals surface area (Å²) in [6, 6.07) is 3.99. The van der Waals surface area contributed by atoms with Crippen LogP contribution in [0.25, 0.3) is 0 Å². The van der Waals surface area contributed by atoms with Crippen LogP contribution in [0.3, 0.4) is 0 Å². The van der Waals surface area contributed by atoms with Crippen LogP contribution in [0.5, 0.6) is 5.75 Å². The molecule has 1 rings (SSSR count). The van der Waals surface area contributed by atoms with E-state index in [4.69, 9.17) is 16.3 Å². The summed E-state index contributed by atoms with van der Waals surface area (Å²) in [6.07, 6.45) is 9.13. The summed E-state index contributed by atoms with van der Waals surface area (Å²) < 4.78 is 7.35. The Hall–Kier alpha value is -0.210. The van der Waals surface area contributed by atoms with E-state index in [2.05, 4.69) is 43.6 Å². The minimum atomic E-state index is 0.105. The van der Waals surface area contributed by atoms with Gasteiger partial charge in [-0.1, -0.05) is 87.3 Å². The van der Waals surface area contributed by atoms with Crippen molar-refractivity contribution in [1.29, 1.82) is 0 Å². The lowest BCUT2D eigenvalue weighted by Crippen LogP contribution is -2.32. The van der Waals surface area contributed by atoms with E-state index in [1.165, 1.54) is 38.5 Å². The normalized spacial score (nSPS) is 13.2. The second kappa shape index (κ2) is 9.93. The summed E-state index contributed by atoms with van der Waals surface area (Å²) in [5, 5.41) is 0.719. The molecule has 0 bridgehead atoms. The zero-order valence-electron chi connectivity index (χ0n) is 15.3. The molecule has 0 amide bonds. The Morgan fingerprint density at radius 1 is 1.09 bits per heavy atom. The number of ether oxygens (including phenoxy) is 1. The summed E-state index contributed by atoms with van der Waals surface area (Å²) in [5.74, 6) is 0.804. The van der Waals surface area contributed by atoms with E-state index >= 15 is 0 Å². The maximum Gasteiger partial charge on any atom is 0.138 e. The Balaban J connectivity index is 2.64. The molecule has 3 heteroatoms. The van der Waals surface area contributed by atoms with Gasteiger partial charge in [-0.2, -0.15) is 0 Å². The van der Waals surface area contributed by atoms with Crippen molar-refractivity contribution in [3.8, 4) is 5.75 Å². The lowest BCUT2D eigenvalue weighted by Gasteiger charge is -2.32. The van der Waals surface area contributed by atoms with Gasteiger partial charge in [0.05, 0.1) is 5.02 Å². The summed E-state index contributed by atoms with van der Waals surface area (Å²) in [6.45, 7) is 11.0. The average Bonchev–Trinajstić information content (AvgIpc) is 2.48. The molecule has 0 aliphatic carbocycles. The third-order valence-corrected chi connectivity index (χ3v) is 5.67. The quantitative estimate of drug-likeness (QED) is 0.380. The number of hydrogen-bond donors (Lipinski definition) is 0. The molecule has 0 heterocycles. The summed E-state index contributed by atoms with van der Waals surface area (Å²) in [4.78, 5) is 0. The van der Waals surface area contributed by atoms with Crippen molar-refractivity contribution in [2.45, 2.75) is 85.7 Å². The van der Waals surface area contributed by atoms with Crippen LogP contribution in [0.15, 0.2) is 16.6 Å². The molecular formula is C20H32BrClO. The molecule has 0 aliphatic rings. The van der Waals surface area contributed by atoms with Crippen molar-refractivity contribution in [2.24, 2.45) is 5.41 Å². The molecule has 0 saturated carbocycles. The van der Waals surface area contributed by atoms with E-state index in [1.54, 1.807) is 0 Å². The smallest absolute Gasteiger partial charge is 0.138 e. The third-order valence-electron chi connectivity index (χ3n) is 4.34. The van der Waals surface area contributed by atoms with Crippen LogP contribution in [-0.2, 0) is 0 Å². The molecule has 0 radical (unpaired) electrons. The minimum Gasteiger partial charge on any atom is -0.488 e. The van der Waals surface area contributed by atoms with Gasteiger partial charge in [-0.25, -0.2) is 0 Å². The van der Waals surface area contributed by atoms with Gasteiger partial charge < -0.3 is 4.74 Å². The first kappa shape index (κ1) is 20.8. The lowest BCUT2D eigenvalue weighted by atomic mass is 9.85. The number of rotatable bonds is 9. The van der Waals surface area contributed by atoms with Gasteiger partial charge >= 0.3 is 0 Å². The topological polar surface area (TPSA) is 9.23 Å². The molecule has 1 aromatic rings. The van der Waals surface area contributed by atoms with Crippen LogP contribution < -0.4 is 4.74 Å². The van der Waals surface area contributed by atoms with E-state index in [9.17, 15) is 0 Å². The van der Waals surface area contributed by atoms with Gasteiger partial charge in [0.25, 0.3) is 0 Å². The van der Waals surface area contributed by atoms with E-state index in [1.807, 2.05) is 19.1 Å². The molecule has 1 atom stereocenters. The first-order valence-electron chi connectivity index (χ1n) is 8.88. The van der Waals surface area contributed by atoms with Crippen LogP contribution >= 0.6 is 27.5 Å². The van der Waals surface area contributed by atoms with Crippen LogP contribution in [0.1, 0.15) is 78.2 Å². The average molecular weight is 404 g/mol. The molecule has 0 fully saturated rings. The fraction of sp³-hybridized carbons (Fsp3) is 0.700. The number of halogens is 2. The zero-order valence-corrected chi connectivity index (χ0v) is 17.7. The van der Waals surface area contributed by atoms with Gasteiger partial charge in [-0.15, -0.1) is 0 Å². The van der Waals surface area contributed by atoms with E-state index in [-0.39, 0.29) is 11.5 Å². The van der Waals surface area contributed by atoms with Crippen LogP contribution in [-0.4, -0.2) is 6.10 Å². The first-order valence-corrected chi connectivity index (χ1v) is 10.1. The number of benzene rings is 1. The van der Waals surface area contributed by atoms with Gasteiger partial charge in [-0.3, -0.25) is 0 Å². The SMILES string of the molecule is CCCCCCCCC(Oc1ccc(Br)c(C)c1Cl)C(C)(C)C. The monoisotopic (exact) mass is 402 g/mol. The summed E-state index contributed by atoms with van der Waals surface area (Å²) >= 11 is 9.97. The summed E-state index contributed by atoms with van der Waals surface area (Å²) in [7, 11) is 0. The minimum absolute atomic E-state index is 0.105. The molecule has 0 saturated heterocycles.